The summed E-state index contributed by atoms with van der Waals surface area (Å²) in [5.41, 5.74) is 8.38. The molecule has 0 aliphatic carbocycles. The lowest BCUT2D eigenvalue weighted by Crippen LogP contribution is -2.12. The van der Waals surface area contributed by atoms with Crippen molar-refractivity contribution in [1.29, 1.82) is 0 Å². The van der Waals surface area contributed by atoms with Crippen molar-refractivity contribution in [3.05, 3.63) is 44.0 Å². The highest BCUT2D eigenvalue weighted by molar-refractivity contribution is 14.1. The van der Waals surface area contributed by atoms with Gasteiger partial charge in [0.05, 0.1) is 0 Å². The number of hydrogen-bond donors (Lipinski definition) is 1. The average Bonchev–Trinajstić information content (AvgIpc) is 2.08. The molecular weight excluding hydrogens is 353 g/mol. The van der Waals surface area contributed by atoms with Crippen LogP contribution in [-0.2, 0) is 0 Å². The van der Waals surface area contributed by atoms with Crippen LogP contribution in [0.2, 0.25) is 0 Å². The molecule has 1 unspecified atom stereocenters. The number of halogens is 2. The van der Waals surface area contributed by atoms with Gasteiger partial charge in [-0.25, -0.2) is 0 Å². The van der Waals surface area contributed by atoms with Gasteiger partial charge in [-0.1, -0.05) is 21.5 Å². The summed E-state index contributed by atoms with van der Waals surface area (Å²) in [6.07, 6.45) is 0.840. The first kappa shape index (κ1) is 12.2. The minimum absolute atomic E-state index is 0.0527. The molecule has 0 radical (unpaired) electrons. The smallest absolute Gasteiger partial charge is 0.0343 e. The molecule has 1 aromatic carbocycles. The van der Waals surface area contributed by atoms with Crippen molar-refractivity contribution in [1.82, 2.24) is 0 Å². The summed E-state index contributed by atoms with van der Waals surface area (Å²) in [6.45, 7) is 5.88. The molecule has 0 aromatic heterocycles. The molecule has 0 spiro atoms. The van der Waals surface area contributed by atoms with Crippen LogP contribution in [0.5, 0.6) is 0 Å². The second-order valence-electron chi connectivity index (χ2n) is 3.43. The van der Waals surface area contributed by atoms with E-state index in [2.05, 4.69) is 57.2 Å². The first-order chi connectivity index (χ1) is 6.50. The Morgan fingerprint density at radius 3 is 2.86 bits per heavy atom. The van der Waals surface area contributed by atoms with Crippen LogP contribution in [-0.4, -0.2) is 0 Å². The fraction of sp³-hybridized carbons (Fsp3) is 0.273. The van der Waals surface area contributed by atoms with Crippen molar-refractivity contribution < 1.29 is 0 Å². The van der Waals surface area contributed by atoms with E-state index in [0.29, 0.717) is 0 Å². The molecule has 0 fully saturated rings. The number of benzene rings is 1. The van der Waals surface area contributed by atoms with Gasteiger partial charge in [-0.2, -0.15) is 0 Å². The SMILES string of the molecule is C=C(C)CC(N)c1cc(Br)ccc1I. The van der Waals surface area contributed by atoms with E-state index in [1.807, 2.05) is 13.0 Å². The number of nitrogens with two attached hydrogens (primary N) is 1. The molecule has 1 atom stereocenters. The summed E-state index contributed by atoms with van der Waals surface area (Å²) in [5.74, 6) is 0. The van der Waals surface area contributed by atoms with Gasteiger partial charge in [-0.05, 0) is 59.7 Å². The third-order valence-electron chi connectivity index (χ3n) is 1.93. The van der Waals surface area contributed by atoms with Crippen molar-refractivity contribution in [2.75, 3.05) is 0 Å². The highest BCUT2D eigenvalue weighted by atomic mass is 127. The van der Waals surface area contributed by atoms with Gasteiger partial charge in [0.25, 0.3) is 0 Å². The van der Waals surface area contributed by atoms with E-state index in [1.165, 1.54) is 9.13 Å². The molecule has 0 aliphatic rings. The summed E-state index contributed by atoms with van der Waals surface area (Å²) >= 11 is 5.76. The van der Waals surface area contributed by atoms with Gasteiger partial charge in [0, 0.05) is 14.1 Å². The van der Waals surface area contributed by atoms with Gasteiger partial charge in [0.15, 0.2) is 0 Å². The fourth-order valence-electron chi connectivity index (χ4n) is 1.28. The molecule has 0 bridgehead atoms. The molecular formula is C11H13BrIN. The van der Waals surface area contributed by atoms with Gasteiger partial charge in [0.1, 0.15) is 0 Å². The molecule has 0 saturated carbocycles. The first-order valence-corrected chi connectivity index (χ1v) is 6.23. The van der Waals surface area contributed by atoms with E-state index in [0.717, 1.165) is 16.5 Å². The van der Waals surface area contributed by atoms with E-state index in [-0.39, 0.29) is 6.04 Å². The molecule has 0 aliphatic heterocycles. The molecule has 1 aromatic rings. The molecule has 0 amide bonds. The van der Waals surface area contributed by atoms with Crippen LogP contribution in [0.3, 0.4) is 0 Å². The minimum Gasteiger partial charge on any atom is -0.324 e. The van der Waals surface area contributed by atoms with Crippen LogP contribution < -0.4 is 5.73 Å². The molecule has 1 rings (SSSR count). The van der Waals surface area contributed by atoms with E-state index < -0.39 is 0 Å². The third kappa shape index (κ3) is 3.37. The van der Waals surface area contributed by atoms with Crippen molar-refractivity contribution in [3.63, 3.8) is 0 Å². The quantitative estimate of drug-likeness (QED) is 0.635. The molecule has 1 nitrogen and oxygen atoms in total. The maximum atomic E-state index is 6.08. The highest BCUT2D eigenvalue weighted by Crippen LogP contribution is 2.26. The Bertz CT molecular complexity index is 349. The minimum atomic E-state index is 0.0527. The lowest BCUT2D eigenvalue weighted by Gasteiger charge is -2.14. The van der Waals surface area contributed by atoms with Crippen molar-refractivity contribution in [2.45, 2.75) is 19.4 Å². The summed E-state index contributed by atoms with van der Waals surface area (Å²) < 4.78 is 2.28. The Hall–Kier alpha value is 0.130. The van der Waals surface area contributed by atoms with Crippen LogP contribution in [0, 0.1) is 3.57 Å². The van der Waals surface area contributed by atoms with Gasteiger partial charge in [-0.3, -0.25) is 0 Å². The Kier molecular flexibility index (Phi) is 4.60. The maximum Gasteiger partial charge on any atom is 0.0343 e. The largest absolute Gasteiger partial charge is 0.324 e. The molecule has 3 heteroatoms. The Morgan fingerprint density at radius 1 is 1.64 bits per heavy atom. The normalized spacial score (nSPS) is 12.6. The highest BCUT2D eigenvalue weighted by Gasteiger charge is 2.10. The van der Waals surface area contributed by atoms with Crippen LogP contribution in [0.25, 0.3) is 0 Å². The zero-order valence-corrected chi connectivity index (χ0v) is 11.8. The summed E-state index contributed by atoms with van der Waals surface area (Å²) in [6, 6.07) is 6.23. The lowest BCUT2D eigenvalue weighted by molar-refractivity contribution is 0.713. The summed E-state index contributed by atoms with van der Waals surface area (Å²) in [5, 5.41) is 0. The van der Waals surface area contributed by atoms with Crippen LogP contribution in [0.1, 0.15) is 24.9 Å². The van der Waals surface area contributed by atoms with Crippen molar-refractivity contribution in [3.8, 4) is 0 Å². The molecule has 0 saturated heterocycles. The molecule has 2 N–H and O–H groups in total. The zero-order valence-electron chi connectivity index (χ0n) is 8.06. The Labute approximate surface area is 107 Å². The van der Waals surface area contributed by atoms with Gasteiger partial charge < -0.3 is 5.73 Å². The monoisotopic (exact) mass is 365 g/mol. The Balaban J connectivity index is 2.93. The summed E-state index contributed by atoms with van der Waals surface area (Å²) in [7, 11) is 0. The van der Waals surface area contributed by atoms with Crippen molar-refractivity contribution in [2.24, 2.45) is 5.73 Å². The topological polar surface area (TPSA) is 26.0 Å². The second-order valence-corrected chi connectivity index (χ2v) is 5.51. The maximum absolute atomic E-state index is 6.08. The van der Waals surface area contributed by atoms with Crippen LogP contribution >= 0.6 is 38.5 Å². The number of rotatable bonds is 3. The zero-order chi connectivity index (χ0) is 10.7. The van der Waals surface area contributed by atoms with Crippen LogP contribution in [0.15, 0.2) is 34.8 Å². The number of hydrogen-bond acceptors (Lipinski definition) is 1. The predicted molar refractivity (Wildman–Crippen MR) is 73.2 cm³/mol. The standard InChI is InChI=1S/C11H13BrIN/c1-7(2)5-11(14)9-6-8(12)3-4-10(9)13/h3-4,6,11H,1,5,14H2,2H3. The average molecular weight is 366 g/mol. The first-order valence-electron chi connectivity index (χ1n) is 4.35. The van der Waals surface area contributed by atoms with E-state index in [9.17, 15) is 0 Å². The third-order valence-corrected chi connectivity index (χ3v) is 3.40. The molecule has 0 heterocycles. The molecule has 76 valence electrons. The second kappa shape index (κ2) is 5.28. The van der Waals surface area contributed by atoms with Gasteiger partial charge in [-0.15, -0.1) is 6.58 Å². The van der Waals surface area contributed by atoms with E-state index in [4.69, 9.17) is 5.73 Å². The van der Waals surface area contributed by atoms with Crippen molar-refractivity contribution >= 4 is 38.5 Å². The van der Waals surface area contributed by atoms with E-state index >= 15 is 0 Å². The summed E-state index contributed by atoms with van der Waals surface area (Å²) in [4.78, 5) is 0. The molecule has 14 heavy (non-hydrogen) atoms. The van der Waals surface area contributed by atoms with E-state index in [1.54, 1.807) is 0 Å². The van der Waals surface area contributed by atoms with Crippen LogP contribution in [0.4, 0.5) is 0 Å². The van der Waals surface area contributed by atoms with Gasteiger partial charge >= 0.3 is 0 Å². The van der Waals surface area contributed by atoms with Gasteiger partial charge in [0.2, 0.25) is 0 Å². The Morgan fingerprint density at radius 2 is 2.29 bits per heavy atom. The predicted octanol–water partition coefficient (Wildman–Crippen LogP) is 4.02. The lowest BCUT2D eigenvalue weighted by atomic mass is 10.0. The fourth-order valence-corrected chi connectivity index (χ4v) is 2.40.